The number of ether oxygens (including phenoxy) is 2. The second-order valence-corrected chi connectivity index (χ2v) is 15.8. The number of halogens is 2. The fourth-order valence-electron chi connectivity index (χ4n) is 5.54. The molecule has 0 radical (unpaired) electrons. The lowest BCUT2D eigenvalue weighted by Gasteiger charge is -2.34. The highest BCUT2D eigenvalue weighted by Gasteiger charge is 2.37. The maximum atomic E-state index is 13.9. The molecule has 2 amide bonds. The van der Waals surface area contributed by atoms with Crippen molar-refractivity contribution in [2.75, 3.05) is 26.4 Å². The van der Waals surface area contributed by atoms with Crippen molar-refractivity contribution in [2.24, 2.45) is 11.3 Å². The van der Waals surface area contributed by atoms with Crippen molar-refractivity contribution < 1.29 is 41.4 Å². The lowest BCUT2D eigenvalue weighted by Crippen LogP contribution is -2.59. The Bertz CT molecular complexity index is 1720. The second kappa shape index (κ2) is 16.7. The van der Waals surface area contributed by atoms with Crippen LogP contribution in [0.4, 0.5) is 8.78 Å². The molecule has 14 heteroatoms. The summed E-state index contributed by atoms with van der Waals surface area (Å²) in [5, 5.41) is 20.1. The van der Waals surface area contributed by atoms with E-state index < -0.39 is 57.1 Å². The molecule has 3 aromatic carbocycles. The van der Waals surface area contributed by atoms with Gasteiger partial charge in [-0.15, -0.1) is 0 Å². The van der Waals surface area contributed by atoms with E-state index in [4.69, 9.17) is 9.47 Å². The summed E-state index contributed by atoms with van der Waals surface area (Å²) in [6, 6.07) is 14.5. The third kappa shape index (κ3) is 10.7. The van der Waals surface area contributed by atoms with Crippen LogP contribution in [0.2, 0.25) is 0 Å². The van der Waals surface area contributed by atoms with E-state index in [9.17, 15) is 31.9 Å². The molecule has 272 valence electrons. The topological polar surface area (TPSA) is 146 Å². The molecule has 0 aromatic heterocycles. The fraction of sp³-hybridized carbons (Fsp3) is 0.444. The Morgan fingerprint density at radius 2 is 1.56 bits per heavy atom. The van der Waals surface area contributed by atoms with E-state index in [1.54, 1.807) is 20.8 Å². The zero-order valence-electron chi connectivity index (χ0n) is 28.9. The monoisotopic (exact) mass is 716 g/mol. The molecule has 0 spiro atoms. The van der Waals surface area contributed by atoms with E-state index >= 15 is 0 Å². The number of benzene rings is 3. The Morgan fingerprint density at radius 3 is 2.20 bits per heavy atom. The summed E-state index contributed by atoms with van der Waals surface area (Å²) in [7, 11) is -4.12. The van der Waals surface area contributed by atoms with Gasteiger partial charge in [-0.25, -0.2) is 17.2 Å². The van der Waals surface area contributed by atoms with E-state index in [2.05, 4.69) is 16.0 Å². The van der Waals surface area contributed by atoms with Gasteiger partial charge in [-0.05, 0) is 53.1 Å². The van der Waals surface area contributed by atoms with Gasteiger partial charge in [-0.3, -0.25) is 9.59 Å². The van der Waals surface area contributed by atoms with Crippen molar-refractivity contribution in [3.63, 3.8) is 0 Å². The smallest absolute Gasteiger partial charge is 0.243 e. The van der Waals surface area contributed by atoms with Gasteiger partial charge in [0.25, 0.3) is 0 Å². The summed E-state index contributed by atoms with van der Waals surface area (Å²) in [4.78, 5) is 26.8. The molecule has 1 aliphatic heterocycles. The quantitative estimate of drug-likeness (QED) is 0.176. The third-order valence-electron chi connectivity index (χ3n) is 8.00. The van der Waals surface area contributed by atoms with Crippen LogP contribution in [0.5, 0.6) is 11.5 Å². The van der Waals surface area contributed by atoms with Gasteiger partial charge in [0.15, 0.2) is 11.5 Å². The van der Waals surface area contributed by atoms with Gasteiger partial charge in [-0.1, -0.05) is 65.0 Å². The van der Waals surface area contributed by atoms with Crippen LogP contribution in [0.3, 0.4) is 0 Å². The molecule has 0 aliphatic carbocycles. The lowest BCUT2D eigenvalue weighted by atomic mass is 9.85. The van der Waals surface area contributed by atoms with Crippen molar-refractivity contribution in [1.82, 2.24) is 20.3 Å². The van der Waals surface area contributed by atoms with Gasteiger partial charge in [0.1, 0.15) is 17.7 Å². The molecule has 4 rings (SSSR count). The molecule has 0 saturated heterocycles. The Hall–Kier alpha value is -4.11. The van der Waals surface area contributed by atoms with Crippen LogP contribution < -0.4 is 25.4 Å². The van der Waals surface area contributed by atoms with Gasteiger partial charge < -0.3 is 30.5 Å². The number of fused-ring (bicyclic) bond motifs is 1. The summed E-state index contributed by atoms with van der Waals surface area (Å²) in [5.74, 6) is -1.94. The molecule has 4 N–H and O–H groups in total. The highest BCUT2D eigenvalue weighted by atomic mass is 32.2. The molecule has 0 saturated carbocycles. The van der Waals surface area contributed by atoms with Gasteiger partial charge >= 0.3 is 0 Å². The number of hydrogen-bond acceptors (Lipinski definition) is 8. The standard InChI is InChI=1S/C36H46F2N4O7S/c1-23(2)20-42(50(46,47)28-11-12-31-32(17-28)49-22-48-31)21-30(43)29(15-24-9-7-6-8-10-24)40-35(45)34(36(3,4)5)41-33(44)19-39-18-25-13-26(37)16-27(38)14-25/h6-14,16-17,23,29-30,34,39,43H,15,18-22H2,1-5H3,(H,40,45)(H,41,44)/t29?,30?,34-/m1/s1. The van der Waals surface area contributed by atoms with Crippen LogP contribution in [0, 0.1) is 23.0 Å². The first-order valence-corrected chi connectivity index (χ1v) is 17.8. The molecule has 11 nitrogen and oxygen atoms in total. The molecule has 3 aromatic rings. The number of carbonyl (C=O) groups is 2. The van der Waals surface area contributed by atoms with E-state index in [1.165, 1.54) is 22.5 Å². The van der Waals surface area contributed by atoms with Crippen molar-refractivity contribution in [3.8, 4) is 11.5 Å². The second-order valence-electron chi connectivity index (χ2n) is 13.9. The molecule has 2 unspecified atom stereocenters. The first kappa shape index (κ1) is 38.7. The van der Waals surface area contributed by atoms with Gasteiger partial charge in [0.2, 0.25) is 28.6 Å². The molecule has 1 aliphatic rings. The minimum atomic E-state index is -4.12. The molecular weight excluding hydrogens is 670 g/mol. The molecule has 3 atom stereocenters. The predicted molar refractivity (Wildman–Crippen MR) is 184 cm³/mol. The third-order valence-corrected chi connectivity index (χ3v) is 9.83. The summed E-state index contributed by atoms with van der Waals surface area (Å²) in [6.45, 7) is 8.55. The van der Waals surface area contributed by atoms with Crippen LogP contribution in [-0.4, -0.2) is 74.3 Å². The predicted octanol–water partition coefficient (Wildman–Crippen LogP) is 3.75. The van der Waals surface area contributed by atoms with Crippen molar-refractivity contribution in [2.45, 2.75) is 70.7 Å². The Balaban J connectivity index is 1.52. The number of rotatable bonds is 16. The molecular formula is C36H46F2N4O7S. The highest BCUT2D eigenvalue weighted by molar-refractivity contribution is 7.89. The van der Waals surface area contributed by atoms with Gasteiger partial charge in [0, 0.05) is 31.8 Å². The first-order chi connectivity index (χ1) is 23.5. The largest absolute Gasteiger partial charge is 0.454 e. The average Bonchev–Trinajstić information content (AvgIpc) is 3.50. The van der Waals surface area contributed by atoms with Crippen LogP contribution in [0.25, 0.3) is 0 Å². The van der Waals surface area contributed by atoms with Crippen LogP contribution >= 0.6 is 0 Å². The zero-order valence-corrected chi connectivity index (χ0v) is 29.7. The minimum Gasteiger partial charge on any atom is -0.454 e. The number of nitrogens with zero attached hydrogens (tertiary/aromatic N) is 1. The van der Waals surface area contributed by atoms with Gasteiger partial charge in [0.05, 0.1) is 23.6 Å². The number of sulfonamides is 1. The van der Waals surface area contributed by atoms with Crippen molar-refractivity contribution in [1.29, 1.82) is 0 Å². The summed E-state index contributed by atoms with van der Waals surface area (Å²) < 4.78 is 66.9. The number of amides is 2. The lowest BCUT2D eigenvalue weighted by molar-refractivity contribution is -0.132. The Kier molecular flexibility index (Phi) is 12.9. The van der Waals surface area contributed by atoms with Crippen molar-refractivity contribution in [3.05, 3.63) is 89.5 Å². The van der Waals surface area contributed by atoms with Crippen LogP contribution in [0.1, 0.15) is 45.7 Å². The number of hydrogen-bond donors (Lipinski definition) is 4. The van der Waals surface area contributed by atoms with Crippen LogP contribution in [0.15, 0.2) is 71.6 Å². The zero-order chi connectivity index (χ0) is 36.6. The molecule has 50 heavy (non-hydrogen) atoms. The Morgan fingerprint density at radius 1 is 0.900 bits per heavy atom. The SMILES string of the molecule is CC(C)CN(CC(O)C(Cc1ccccc1)NC(=O)[C@@H](NC(=O)CNCc1cc(F)cc(F)c1)C(C)(C)C)S(=O)(=O)c1ccc2c(c1)OCO2. The van der Waals surface area contributed by atoms with E-state index in [0.29, 0.717) is 17.1 Å². The van der Waals surface area contributed by atoms with Gasteiger partial charge in [-0.2, -0.15) is 4.31 Å². The van der Waals surface area contributed by atoms with Crippen LogP contribution in [-0.2, 0) is 32.6 Å². The molecule has 0 bridgehead atoms. The Labute approximate surface area is 292 Å². The van der Waals surface area contributed by atoms with E-state index in [1.807, 2.05) is 44.2 Å². The summed E-state index contributed by atoms with van der Waals surface area (Å²) >= 11 is 0. The van der Waals surface area contributed by atoms with E-state index in [-0.39, 0.29) is 50.2 Å². The highest BCUT2D eigenvalue weighted by Crippen LogP contribution is 2.35. The number of aliphatic hydroxyl groups excluding tert-OH is 1. The normalized spacial score (nSPS) is 14.8. The number of nitrogens with one attached hydrogen (secondary N) is 3. The first-order valence-electron chi connectivity index (χ1n) is 16.4. The molecule has 0 fully saturated rings. The average molecular weight is 717 g/mol. The maximum Gasteiger partial charge on any atom is 0.243 e. The van der Waals surface area contributed by atoms with Crippen molar-refractivity contribution >= 4 is 21.8 Å². The summed E-state index contributed by atoms with van der Waals surface area (Å²) in [5.41, 5.74) is 0.325. The number of carbonyl (C=O) groups excluding carboxylic acids is 2. The number of aliphatic hydroxyl groups is 1. The summed E-state index contributed by atoms with van der Waals surface area (Å²) in [6.07, 6.45) is -1.18. The fourth-order valence-corrected chi connectivity index (χ4v) is 7.18. The molecule has 1 heterocycles. The minimum absolute atomic E-state index is 0.0157. The van der Waals surface area contributed by atoms with E-state index in [0.717, 1.165) is 23.8 Å². The maximum absolute atomic E-state index is 13.9.